The molecule has 2 rings (SSSR count). The summed E-state index contributed by atoms with van der Waals surface area (Å²) < 4.78 is 5.79. The first kappa shape index (κ1) is 20.2. The minimum atomic E-state index is -0.113. The van der Waals surface area contributed by atoms with Crippen molar-refractivity contribution < 1.29 is 9.53 Å². The lowest BCUT2D eigenvalue weighted by molar-refractivity contribution is -0.116. The summed E-state index contributed by atoms with van der Waals surface area (Å²) in [6.07, 6.45) is 2.70. The van der Waals surface area contributed by atoms with Gasteiger partial charge in [0.05, 0.1) is 5.60 Å². The van der Waals surface area contributed by atoms with E-state index in [0.29, 0.717) is 18.9 Å². The van der Waals surface area contributed by atoms with E-state index in [1.807, 2.05) is 38.1 Å². The maximum absolute atomic E-state index is 11.9. The number of hydrogen-bond donors (Lipinski definition) is 3. The molecule has 0 aliphatic carbocycles. The largest absolute Gasteiger partial charge is 0.373 e. The van der Waals surface area contributed by atoms with Gasteiger partial charge in [-0.2, -0.15) is 0 Å². The third-order valence-corrected chi connectivity index (χ3v) is 4.42. The molecule has 6 nitrogen and oxygen atoms in total. The van der Waals surface area contributed by atoms with Crippen molar-refractivity contribution in [2.75, 3.05) is 25.5 Å². The average molecular weight is 361 g/mol. The van der Waals surface area contributed by atoms with Crippen LogP contribution in [0.5, 0.6) is 0 Å². The summed E-state index contributed by atoms with van der Waals surface area (Å²) in [6.45, 7) is 8.40. The number of rotatable bonds is 7. The van der Waals surface area contributed by atoms with E-state index in [9.17, 15) is 4.79 Å². The molecule has 144 valence electrons. The van der Waals surface area contributed by atoms with Gasteiger partial charge in [-0.1, -0.05) is 26.0 Å². The summed E-state index contributed by atoms with van der Waals surface area (Å²) in [7, 11) is 1.76. The van der Waals surface area contributed by atoms with Crippen LogP contribution in [0.1, 0.15) is 45.6 Å². The van der Waals surface area contributed by atoms with Gasteiger partial charge >= 0.3 is 0 Å². The Morgan fingerprint density at radius 3 is 2.81 bits per heavy atom. The van der Waals surface area contributed by atoms with E-state index >= 15 is 0 Å². The van der Waals surface area contributed by atoms with E-state index < -0.39 is 0 Å². The SMILES string of the molecule is CN=C(NCc1cccc(NC(=O)CC(C)C)c1)NCC1(C)CCCO1. The van der Waals surface area contributed by atoms with Crippen molar-refractivity contribution in [2.45, 2.75) is 52.2 Å². The molecule has 1 aromatic carbocycles. The fraction of sp³-hybridized carbons (Fsp3) is 0.600. The highest BCUT2D eigenvalue weighted by Crippen LogP contribution is 2.23. The molecule has 6 heteroatoms. The van der Waals surface area contributed by atoms with Crippen LogP contribution in [-0.2, 0) is 16.1 Å². The van der Waals surface area contributed by atoms with Gasteiger partial charge in [-0.15, -0.1) is 0 Å². The summed E-state index contributed by atoms with van der Waals surface area (Å²) in [4.78, 5) is 16.2. The van der Waals surface area contributed by atoms with Crippen LogP contribution in [0.4, 0.5) is 5.69 Å². The van der Waals surface area contributed by atoms with Crippen LogP contribution in [0.3, 0.4) is 0 Å². The lowest BCUT2D eigenvalue weighted by Crippen LogP contribution is -2.45. The van der Waals surface area contributed by atoms with Crippen LogP contribution in [-0.4, -0.2) is 37.7 Å². The fourth-order valence-electron chi connectivity index (χ4n) is 3.00. The monoisotopic (exact) mass is 360 g/mol. The molecule has 1 aliphatic rings. The zero-order valence-corrected chi connectivity index (χ0v) is 16.4. The molecule has 1 aliphatic heterocycles. The van der Waals surface area contributed by atoms with Gasteiger partial charge in [0.25, 0.3) is 0 Å². The van der Waals surface area contributed by atoms with Gasteiger partial charge in [0.1, 0.15) is 0 Å². The van der Waals surface area contributed by atoms with Gasteiger partial charge < -0.3 is 20.7 Å². The van der Waals surface area contributed by atoms with Crippen molar-refractivity contribution in [3.05, 3.63) is 29.8 Å². The fourth-order valence-corrected chi connectivity index (χ4v) is 3.00. The highest BCUT2D eigenvalue weighted by atomic mass is 16.5. The van der Waals surface area contributed by atoms with E-state index in [4.69, 9.17) is 4.74 Å². The van der Waals surface area contributed by atoms with Crippen molar-refractivity contribution in [3.8, 4) is 0 Å². The number of carbonyl (C=O) groups excluding carboxylic acids is 1. The first-order valence-corrected chi connectivity index (χ1v) is 9.37. The number of guanidine groups is 1. The molecule has 1 amide bonds. The first-order chi connectivity index (χ1) is 12.4. The lowest BCUT2D eigenvalue weighted by Gasteiger charge is -2.24. The van der Waals surface area contributed by atoms with E-state index in [1.165, 1.54) is 0 Å². The number of amides is 1. The van der Waals surface area contributed by atoms with Crippen LogP contribution in [0.15, 0.2) is 29.3 Å². The summed E-state index contributed by atoms with van der Waals surface area (Å²) in [5.41, 5.74) is 1.79. The Morgan fingerprint density at radius 1 is 1.35 bits per heavy atom. The molecule has 1 heterocycles. The maximum atomic E-state index is 11.9. The zero-order chi connectivity index (χ0) is 19.0. The van der Waals surface area contributed by atoms with Crippen LogP contribution >= 0.6 is 0 Å². The Hall–Kier alpha value is -2.08. The van der Waals surface area contributed by atoms with Gasteiger partial charge in [0, 0.05) is 38.9 Å². The van der Waals surface area contributed by atoms with Crippen LogP contribution < -0.4 is 16.0 Å². The van der Waals surface area contributed by atoms with Gasteiger partial charge in [0.2, 0.25) is 5.91 Å². The van der Waals surface area contributed by atoms with Crippen LogP contribution in [0.25, 0.3) is 0 Å². The Morgan fingerprint density at radius 2 is 2.15 bits per heavy atom. The maximum Gasteiger partial charge on any atom is 0.224 e. The number of anilines is 1. The number of ether oxygens (including phenoxy) is 1. The Labute approximate surface area is 156 Å². The predicted octanol–water partition coefficient (Wildman–Crippen LogP) is 2.91. The second kappa shape index (κ2) is 9.57. The van der Waals surface area contributed by atoms with Crippen LogP contribution in [0, 0.1) is 5.92 Å². The highest BCUT2D eigenvalue weighted by Gasteiger charge is 2.29. The molecule has 0 bridgehead atoms. The number of hydrogen-bond acceptors (Lipinski definition) is 3. The summed E-state index contributed by atoms with van der Waals surface area (Å²) >= 11 is 0. The molecule has 0 spiro atoms. The molecule has 26 heavy (non-hydrogen) atoms. The van der Waals surface area contributed by atoms with Crippen molar-refractivity contribution >= 4 is 17.6 Å². The molecule has 1 saturated heterocycles. The number of benzene rings is 1. The average Bonchev–Trinajstić information content (AvgIpc) is 3.01. The molecule has 3 N–H and O–H groups in total. The first-order valence-electron chi connectivity index (χ1n) is 9.37. The van der Waals surface area contributed by atoms with Gasteiger partial charge in [-0.3, -0.25) is 9.79 Å². The molecule has 0 aromatic heterocycles. The normalized spacial score (nSPS) is 20.3. The molecule has 1 unspecified atom stereocenters. The molecule has 1 fully saturated rings. The number of nitrogens with one attached hydrogen (secondary N) is 3. The smallest absolute Gasteiger partial charge is 0.224 e. The zero-order valence-electron chi connectivity index (χ0n) is 16.4. The highest BCUT2D eigenvalue weighted by molar-refractivity contribution is 5.90. The van der Waals surface area contributed by atoms with Crippen molar-refractivity contribution in [1.29, 1.82) is 0 Å². The molecule has 1 atom stereocenters. The van der Waals surface area contributed by atoms with E-state index in [2.05, 4.69) is 27.9 Å². The Kier molecular flexibility index (Phi) is 7.45. The van der Waals surface area contributed by atoms with E-state index in [0.717, 1.165) is 43.2 Å². The summed E-state index contributed by atoms with van der Waals surface area (Å²) in [5, 5.41) is 9.60. The number of carbonyl (C=O) groups is 1. The minimum Gasteiger partial charge on any atom is -0.373 e. The predicted molar refractivity (Wildman–Crippen MR) is 106 cm³/mol. The summed E-state index contributed by atoms with van der Waals surface area (Å²) in [5.74, 6) is 1.14. The van der Waals surface area contributed by atoms with Crippen molar-refractivity contribution in [1.82, 2.24) is 10.6 Å². The third-order valence-electron chi connectivity index (χ3n) is 4.42. The molecule has 0 radical (unpaired) electrons. The second-order valence-electron chi connectivity index (χ2n) is 7.53. The topological polar surface area (TPSA) is 74.8 Å². The number of nitrogens with zero attached hydrogens (tertiary/aromatic N) is 1. The van der Waals surface area contributed by atoms with Crippen LogP contribution in [0.2, 0.25) is 0 Å². The molecular weight excluding hydrogens is 328 g/mol. The van der Waals surface area contributed by atoms with Crippen molar-refractivity contribution in [3.63, 3.8) is 0 Å². The van der Waals surface area contributed by atoms with Gasteiger partial charge in [-0.25, -0.2) is 0 Å². The minimum absolute atomic E-state index is 0.0485. The quantitative estimate of drug-likeness (QED) is 0.516. The lowest BCUT2D eigenvalue weighted by atomic mass is 10.0. The standard InChI is InChI=1S/C20H32N4O2/c1-15(2)11-18(25)24-17-8-5-7-16(12-17)13-22-19(21-4)23-14-20(3)9-6-10-26-20/h5,7-8,12,15H,6,9-11,13-14H2,1-4H3,(H,24,25)(H2,21,22,23). The van der Waals surface area contributed by atoms with E-state index in [1.54, 1.807) is 7.05 Å². The van der Waals surface area contributed by atoms with Gasteiger partial charge in [0.15, 0.2) is 5.96 Å². The van der Waals surface area contributed by atoms with E-state index in [-0.39, 0.29) is 11.5 Å². The van der Waals surface area contributed by atoms with Gasteiger partial charge in [-0.05, 0) is 43.4 Å². The van der Waals surface area contributed by atoms with Crippen molar-refractivity contribution in [2.24, 2.45) is 10.9 Å². The molecule has 1 aromatic rings. The molecule has 0 saturated carbocycles. The Bertz CT molecular complexity index is 622. The second-order valence-corrected chi connectivity index (χ2v) is 7.53. The Balaban J connectivity index is 1.83. The molecular formula is C20H32N4O2. The third kappa shape index (κ3) is 6.67. The summed E-state index contributed by atoms with van der Waals surface area (Å²) in [6, 6.07) is 7.87. The number of aliphatic imine (C=N–C) groups is 1.